The molecule has 0 spiro atoms. The van der Waals surface area contributed by atoms with Crippen LogP contribution in [-0.2, 0) is 36.1 Å². The van der Waals surface area contributed by atoms with E-state index in [9.17, 15) is 19.2 Å². The molecule has 4 aromatic carbocycles. The second kappa shape index (κ2) is 19.9. The molecule has 2 aliphatic heterocycles. The number of primary amides is 1. The fourth-order valence-electron chi connectivity index (χ4n) is 8.28. The molecule has 0 bridgehead atoms. The van der Waals surface area contributed by atoms with E-state index in [1.165, 1.54) is 40.1 Å². The van der Waals surface area contributed by atoms with Crippen molar-refractivity contribution in [3.8, 4) is 5.75 Å². The van der Waals surface area contributed by atoms with Gasteiger partial charge in [-0.3, -0.25) is 19.3 Å². The first-order valence-corrected chi connectivity index (χ1v) is 23.5. The first kappa shape index (κ1) is 44.7. The molecule has 67 heavy (non-hydrogen) atoms. The van der Waals surface area contributed by atoms with Gasteiger partial charge in [0.1, 0.15) is 46.8 Å². The number of anilines is 1. The summed E-state index contributed by atoms with van der Waals surface area (Å²) in [5.74, 6) is -1.60. The molecule has 0 radical (unpaired) electrons. The van der Waals surface area contributed by atoms with Gasteiger partial charge in [-0.15, -0.1) is 23.1 Å². The number of nitrogens with zero attached hydrogens (tertiary/aromatic N) is 4. The van der Waals surface area contributed by atoms with Gasteiger partial charge in [0.15, 0.2) is 22.3 Å². The third-order valence-corrected chi connectivity index (χ3v) is 13.8. The fraction of sp³-hybridized carbons (Fsp3) is 0.220. The number of hydrogen-bond donors (Lipinski definition) is 3. The van der Waals surface area contributed by atoms with E-state index in [0.29, 0.717) is 22.0 Å². The van der Waals surface area contributed by atoms with Crippen molar-refractivity contribution in [2.75, 3.05) is 18.2 Å². The van der Waals surface area contributed by atoms with Gasteiger partial charge < -0.3 is 35.2 Å². The molecular weight excluding hydrogens is 891 g/mol. The van der Waals surface area contributed by atoms with Crippen LogP contribution >= 0.6 is 23.1 Å². The van der Waals surface area contributed by atoms with Crippen molar-refractivity contribution in [1.29, 1.82) is 0 Å². The minimum atomic E-state index is -1.03. The number of nitrogens with one attached hydrogen (secondary N) is 2. The monoisotopic (exact) mass is 935 g/mol. The van der Waals surface area contributed by atoms with Gasteiger partial charge in [0.25, 0.3) is 17.7 Å². The van der Waals surface area contributed by atoms with E-state index in [4.69, 9.17) is 29.6 Å². The summed E-state index contributed by atoms with van der Waals surface area (Å²) in [6, 6.07) is 37.7. The molecule has 4 heterocycles. The Hall–Kier alpha value is -7.50. The maximum absolute atomic E-state index is 14.5. The number of oxime groups is 1. The maximum atomic E-state index is 14.5. The number of thioether (sulfide) groups is 1. The van der Waals surface area contributed by atoms with Crippen LogP contribution in [0.3, 0.4) is 0 Å². The number of esters is 1. The molecule has 2 atom stereocenters. The molecule has 2 fully saturated rings. The zero-order chi connectivity index (χ0) is 46.3. The normalized spacial score (nSPS) is 17.5. The molecule has 9 rings (SSSR count). The van der Waals surface area contributed by atoms with E-state index in [1.807, 2.05) is 54.6 Å². The van der Waals surface area contributed by atoms with Crippen molar-refractivity contribution in [2.24, 2.45) is 10.9 Å². The Bertz CT molecular complexity index is 2750. The highest BCUT2D eigenvalue weighted by Gasteiger charge is 2.54. The lowest BCUT2D eigenvalue weighted by Crippen LogP contribution is -2.71. The van der Waals surface area contributed by atoms with Gasteiger partial charge >= 0.3 is 5.97 Å². The summed E-state index contributed by atoms with van der Waals surface area (Å²) in [6.07, 6.45) is 6.52. The lowest BCUT2D eigenvalue weighted by atomic mass is 9.77. The zero-order valence-electron chi connectivity index (χ0n) is 36.2. The molecule has 1 saturated carbocycles. The minimum absolute atomic E-state index is 0.00561. The topological polar surface area (TPSA) is 201 Å². The average Bonchev–Trinajstić information content (AvgIpc) is 4.18. The largest absolute Gasteiger partial charge is 0.497 e. The van der Waals surface area contributed by atoms with Crippen molar-refractivity contribution in [3.05, 3.63) is 183 Å². The lowest BCUT2D eigenvalue weighted by Gasteiger charge is -2.49. The fourth-order valence-corrected chi connectivity index (χ4v) is 10.4. The summed E-state index contributed by atoms with van der Waals surface area (Å²) in [6.45, 7) is -0.0815. The second-order valence-electron chi connectivity index (χ2n) is 15.9. The van der Waals surface area contributed by atoms with Gasteiger partial charge in [-0.25, -0.2) is 9.78 Å². The third-order valence-electron chi connectivity index (χ3n) is 11.7. The number of carbonyl (C=O) groups is 4. The molecule has 1 saturated heterocycles. The zero-order valence-corrected chi connectivity index (χ0v) is 37.8. The van der Waals surface area contributed by atoms with Crippen LogP contribution in [0.2, 0.25) is 0 Å². The molecule has 0 unspecified atom stereocenters. The number of hydrogen-bond acceptors (Lipinski definition) is 14. The van der Waals surface area contributed by atoms with Crippen molar-refractivity contribution in [3.63, 3.8) is 0 Å². The van der Waals surface area contributed by atoms with Crippen LogP contribution in [0.25, 0.3) is 6.08 Å². The quantitative estimate of drug-likeness (QED) is 0.0269. The Labute approximate surface area is 394 Å². The highest BCUT2D eigenvalue weighted by atomic mass is 32.2. The van der Waals surface area contributed by atoms with Gasteiger partial charge in [-0.05, 0) is 71.7 Å². The summed E-state index contributed by atoms with van der Waals surface area (Å²) in [5.41, 5.74) is 8.66. The highest BCUT2D eigenvalue weighted by Crippen LogP contribution is 2.43. The smallest absolute Gasteiger partial charge is 0.355 e. The number of thiazole rings is 1. The first-order chi connectivity index (χ1) is 32.7. The van der Waals surface area contributed by atoms with E-state index >= 15 is 0 Å². The molecule has 6 aromatic rings. The number of nitrogens with two attached hydrogens (primary N) is 1. The van der Waals surface area contributed by atoms with Gasteiger partial charge in [0, 0.05) is 17.2 Å². The Morgan fingerprint density at radius 2 is 1.54 bits per heavy atom. The van der Waals surface area contributed by atoms with Gasteiger partial charge in [0.2, 0.25) is 0 Å². The van der Waals surface area contributed by atoms with E-state index in [2.05, 4.69) is 57.3 Å². The molecule has 3 aliphatic rings. The second-order valence-corrected chi connectivity index (χ2v) is 17.9. The number of fused-ring (bicyclic) bond motifs is 1. The molecule has 4 N–H and O–H groups in total. The van der Waals surface area contributed by atoms with E-state index in [-0.39, 0.29) is 47.0 Å². The van der Waals surface area contributed by atoms with Gasteiger partial charge in [-0.1, -0.05) is 120 Å². The van der Waals surface area contributed by atoms with E-state index in [0.717, 1.165) is 42.4 Å². The number of allylic oxidation sites excluding steroid dienone is 1. The minimum Gasteiger partial charge on any atom is -0.497 e. The molecular formula is C50H45N7O8S2. The van der Waals surface area contributed by atoms with Crippen molar-refractivity contribution in [2.45, 2.75) is 55.3 Å². The highest BCUT2D eigenvalue weighted by molar-refractivity contribution is 8.00. The SMILES string of the molecule is COc1ccc(COC(=O)C2=C(/C=C/c3cc(C(N)=O)no3)CS[C@@H]3[C@H](NC(=O)/C(=N\OC4CCCC4)c4csc(NC(c5ccccc5)(c5ccccc5)c5ccccc5)n4)C(=O)N23)cc1. The van der Waals surface area contributed by atoms with Crippen LogP contribution < -0.4 is 21.1 Å². The summed E-state index contributed by atoms with van der Waals surface area (Å²) < 4.78 is 16.2. The lowest BCUT2D eigenvalue weighted by molar-refractivity contribution is -0.153. The van der Waals surface area contributed by atoms with Gasteiger partial charge in [0.05, 0.1) is 7.11 Å². The number of aromatic nitrogens is 2. The summed E-state index contributed by atoms with van der Waals surface area (Å²) >= 11 is 2.66. The van der Waals surface area contributed by atoms with E-state index in [1.54, 1.807) is 42.8 Å². The van der Waals surface area contributed by atoms with Crippen LogP contribution in [0.5, 0.6) is 5.75 Å². The van der Waals surface area contributed by atoms with Crippen molar-refractivity contribution in [1.82, 2.24) is 20.4 Å². The Morgan fingerprint density at radius 3 is 2.13 bits per heavy atom. The molecule has 340 valence electrons. The number of ether oxygens (including phenoxy) is 2. The Morgan fingerprint density at radius 1 is 0.896 bits per heavy atom. The third kappa shape index (κ3) is 9.46. The van der Waals surface area contributed by atoms with Crippen LogP contribution in [0.4, 0.5) is 5.13 Å². The maximum Gasteiger partial charge on any atom is 0.355 e. The number of rotatable bonds is 17. The number of benzene rings is 4. The molecule has 15 nitrogen and oxygen atoms in total. The van der Waals surface area contributed by atoms with Crippen molar-refractivity contribution < 1.29 is 38.0 Å². The summed E-state index contributed by atoms with van der Waals surface area (Å²) in [5, 5.41) is 16.3. The van der Waals surface area contributed by atoms with Crippen LogP contribution in [0.15, 0.2) is 154 Å². The number of β-lactam (4-membered cyclic amide) rings is 1. The standard InChI is InChI=1S/C50H45N7O8S2/c1-62-36-24-21-31(22-25-36)28-63-48(61)43-32(23-26-38-27-39(44(51)58)55-65-38)29-66-47-42(46(60)57(43)47)53-45(59)41(56-64-37-19-11-12-20-37)40-30-67-49(52-40)54-50(33-13-5-2-6-14-33,34-15-7-3-8-16-34)35-17-9-4-10-18-35/h2-10,13-18,21-27,30,37,42,47H,11-12,19-20,28-29H2,1H3,(H2,51,58)(H,52,54)(H,53,59)/b26-23+,56-41-/t42-,47-/m1/s1. The Kier molecular flexibility index (Phi) is 13.3. The number of methoxy groups -OCH3 is 1. The first-order valence-electron chi connectivity index (χ1n) is 21.6. The van der Waals surface area contributed by atoms with Crippen molar-refractivity contribution >= 4 is 63.7 Å². The molecule has 1 aliphatic carbocycles. The van der Waals surface area contributed by atoms with Gasteiger partial charge in [-0.2, -0.15) is 0 Å². The molecule has 2 aromatic heterocycles. The molecule has 3 amide bonds. The number of amides is 3. The van der Waals surface area contributed by atoms with Crippen LogP contribution in [-0.4, -0.2) is 74.8 Å². The summed E-state index contributed by atoms with van der Waals surface area (Å²) in [4.78, 5) is 66.6. The number of carbonyl (C=O) groups excluding carboxylic acids is 4. The summed E-state index contributed by atoms with van der Waals surface area (Å²) in [7, 11) is 1.56. The average molecular weight is 936 g/mol. The predicted octanol–water partition coefficient (Wildman–Crippen LogP) is 7.42. The van der Waals surface area contributed by atoms with Crippen LogP contribution in [0.1, 0.15) is 69.9 Å². The molecule has 17 heteroatoms. The predicted molar refractivity (Wildman–Crippen MR) is 254 cm³/mol. The van der Waals surface area contributed by atoms with Crippen LogP contribution in [0, 0.1) is 0 Å². The Balaban J connectivity index is 0.995. The van der Waals surface area contributed by atoms with E-state index < -0.39 is 40.6 Å².